The van der Waals surface area contributed by atoms with Crippen LogP contribution in [-0.4, -0.2) is 30.4 Å². The van der Waals surface area contributed by atoms with Crippen LogP contribution < -0.4 is 0 Å². The summed E-state index contributed by atoms with van der Waals surface area (Å²) in [7, 11) is 1.33. The van der Waals surface area contributed by atoms with Crippen molar-refractivity contribution in [2.24, 2.45) is 0 Å². The maximum absolute atomic E-state index is 10.7. The second kappa shape index (κ2) is 3.86. The summed E-state index contributed by atoms with van der Waals surface area (Å²) < 4.78 is 9.42. The molecule has 1 aliphatic rings. The minimum atomic E-state index is -1.11. The van der Waals surface area contributed by atoms with Gasteiger partial charge in [-0.05, 0) is 6.08 Å². The second-order valence-corrected chi connectivity index (χ2v) is 2.32. The fourth-order valence-corrected chi connectivity index (χ4v) is 0.899. The highest BCUT2D eigenvalue weighted by molar-refractivity contribution is 5.86. The Bertz CT molecular complexity index is 289. The Balaban J connectivity index is 2.89. The van der Waals surface area contributed by atoms with E-state index in [2.05, 4.69) is 4.74 Å². The summed E-state index contributed by atoms with van der Waals surface area (Å²) >= 11 is 0. The number of rotatable bonds is 2. The molecule has 0 radical (unpaired) electrons. The summed E-state index contributed by atoms with van der Waals surface area (Å²) in [6.45, 7) is 0. The Morgan fingerprint density at radius 2 is 2.38 bits per heavy atom. The molecule has 5 nitrogen and oxygen atoms in total. The Kier molecular flexibility index (Phi) is 2.81. The van der Waals surface area contributed by atoms with E-state index in [1.165, 1.54) is 13.2 Å². The van der Waals surface area contributed by atoms with Crippen LogP contribution in [-0.2, 0) is 19.1 Å². The van der Waals surface area contributed by atoms with Gasteiger partial charge in [0.25, 0.3) is 0 Å². The molecule has 1 atom stereocenters. The summed E-state index contributed by atoms with van der Waals surface area (Å²) in [5.74, 6) is -1.66. The smallest absolute Gasteiger partial charge is 0.333 e. The molecular weight excluding hydrogens is 176 g/mol. The largest absolute Gasteiger partial charge is 0.478 e. The number of ether oxygens (including phenoxy) is 2. The Hall–Kier alpha value is -1.62. The fraction of sp³-hybridized carbons (Fsp3) is 0.250. The van der Waals surface area contributed by atoms with Crippen molar-refractivity contribution in [3.05, 3.63) is 23.8 Å². The van der Waals surface area contributed by atoms with Gasteiger partial charge < -0.3 is 14.6 Å². The molecule has 0 saturated carbocycles. The van der Waals surface area contributed by atoms with E-state index in [1.54, 1.807) is 0 Å². The lowest BCUT2D eigenvalue weighted by Gasteiger charge is -2.19. The van der Waals surface area contributed by atoms with Crippen LogP contribution in [0.1, 0.15) is 0 Å². The molecule has 70 valence electrons. The van der Waals surface area contributed by atoms with Crippen molar-refractivity contribution in [1.82, 2.24) is 0 Å². The van der Waals surface area contributed by atoms with Gasteiger partial charge in [0.15, 0.2) is 0 Å². The number of carboxylic acid groups (broad SMARTS) is 1. The van der Waals surface area contributed by atoms with Crippen LogP contribution in [0.2, 0.25) is 0 Å². The Labute approximate surface area is 74.3 Å². The minimum Gasteiger partial charge on any atom is -0.478 e. The predicted molar refractivity (Wildman–Crippen MR) is 41.7 cm³/mol. The first kappa shape index (κ1) is 9.47. The van der Waals surface area contributed by atoms with Gasteiger partial charge in [-0.1, -0.05) is 0 Å². The SMILES string of the molecule is COC1OC(=O)C=C/C1=C\C(=O)O. The zero-order valence-electron chi connectivity index (χ0n) is 6.89. The van der Waals surface area contributed by atoms with Gasteiger partial charge in [0.2, 0.25) is 6.29 Å². The van der Waals surface area contributed by atoms with E-state index < -0.39 is 18.2 Å². The molecule has 0 spiro atoms. The van der Waals surface area contributed by atoms with Crippen LogP contribution in [0, 0.1) is 0 Å². The van der Waals surface area contributed by atoms with Crippen LogP contribution in [0.25, 0.3) is 0 Å². The van der Waals surface area contributed by atoms with Crippen LogP contribution >= 0.6 is 0 Å². The highest BCUT2D eigenvalue weighted by Crippen LogP contribution is 2.14. The first-order chi connectivity index (χ1) is 6.13. The third kappa shape index (κ3) is 2.41. The number of methoxy groups -OCH3 is 1. The number of aliphatic carboxylic acids is 1. The van der Waals surface area contributed by atoms with Gasteiger partial charge in [-0.3, -0.25) is 0 Å². The molecular formula is C8H8O5. The third-order valence-corrected chi connectivity index (χ3v) is 1.41. The normalized spacial score (nSPS) is 24.5. The molecule has 1 rings (SSSR count). The number of hydrogen-bond acceptors (Lipinski definition) is 4. The van der Waals surface area contributed by atoms with Gasteiger partial charge in [0.1, 0.15) is 0 Å². The molecule has 1 heterocycles. The number of hydrogen-bond donors (Lipinski definition) is 1. The second-order valence-electron chi connectivity index (χ2n) is 2.32. The van der Waals surface area contributed by atoms with E-state index in [9.17, 15) is 9.59 Å². The molecule has 13 heavy (non-hydrogen) atoms. The third-order valence-electron chi connectivity index (χ3n) is 1.41. The standard InChI is InChI=1S/C8H8O5/c1-12-8-5(4-6(9)10)2-3-7(11)13-8/h2-4,8H,1H3,(H,9,10)/b5-4+. The number of cyclic esters (lactones) is 1. The Morgan fingerprint density at radius 1 is 1.69 bits per heavy atom. The Morgan fingerprint density at radius 3 is 2.92 bits per heavy atom. The van der Waals surface area contributed by atoms with E-state index in [4.69, 9.17) is 9.84 Å². The monoisotopic (exact) mass is 184 g/mol. The number of carbonyl (C=O) groups excluding carboxylic acids is 1. The van der Waals surface area contributed by atoms with Crippen molar-refractivity contribution in [3.63, 3.8) is 0 Å². The molecule has 0 bridgehead atoms. The van der Waals surface area contributed by atoms with E-state index in [1.807, 2.05) is 0 Å². The van der Waals surface area contributed by atoms with Crippen LogP contribution in [0.3, 0.4) is 0 Å². The summed E-state index contributed by atoms with van der Waals surface area (Å²) in [6.07, 6.45) is 2.50. The number of carbonyl (C=O) groups is 2. The molecule has 5 heteroatoms. The molecule has 1 unspecified atom stereocenters. The van der Waals surface area contributed by atoms with Gasteiger partial charge in [0.05, 0.1) is 0 Å². The van der Waals surface area contributed by atoms with Crippen LogP contribution in [0.15, 0.2) is 23.8 Å². The average molecular weight is 184 g/mol. The molecule has 0 fully saturated rings. The lowest BCUT2D eigenvalue weighted by molar-refractivity contribution is -0.161. The highest BCUT2D eigenvalue weighted by Gasteiger charge is 2.20. The van der Waals surface area contributed by atoms with E-state index in [0.29, 0.717) is 5.57 Å². The van der Waals surface area contributed by atoms with Crippen molar-refractivity contribution in [3.8, 4) is 0 Å². The lowest BCUT2D eigenvalue weighted by Crippen LogP contribution is -2.24. The average Bonchev–Trinajstić information content (AvgIpc) is 2.07. The van der Waals surface area contributed by atoms with Crippen LogP contribution in [0.5, 0.6) is 0 Å². The summed E-state index contributed by atoms with van der Waals surface area (Å²) in [5.41, 5.74) is 0.301. The van der Waals surface area contributed by atoms with Gasteiger partial charge in [-0.25, -0.2) is 9.59 Å². The summed E-state index contributed by atoms with van der Waals surface area (Å²) in [4.78, 5) is 21.0. The first-order valence-electron chi connectivity index (χ1n) is 3.49. The van der Waals surface area contributed by atoms with Gasteiger partial charge in [0, 0.05) is 24.8 Å². The number of carboxylic acids is 1. The quantitative estimate of drug-likeness (QED) is 0.486. The van der Waals surface area contributed by atoms with E-state index in [0.717, 1.165) is 12.2 Å². The lowest BCUT2D eigenvalue weighted by atomic mass is 10.2. The first-order valence-corrected chi connectivity index (χ1v) is 3.49. The molecule has 0 saturated heterocycles. The fourth-order valence-electron chi connectivity index (χ4n) is 0.899. The van der Waals surface area contributed by atoms with Crippen molar-refractivity contribution in [1.29, 1.82) is 0 Å². The van der Waals surface area contributed by atoms with Crippen LogP contribution in [0.4, 0.5) is 0 Å². The zero-order chi connectivity index (χ0) is 9.84. The summed E-state index contributed by atoms with van der Waals surface area (Å²) in [5, 5.41) is 8.44. The minimum absolute atomic E-state index is 0.301. The predicted octanol–water partition coefficient (Wildman–Crippen LogP) is 0.0829. The van der Waals surface area contributed by atoms with E-state index >= 15 is 0 Å². The molecule has 0 amide bonds. The molecule has 0 aromatic carbocycles. The highest BCUT2D eigenvalue weighted by atomic mass is 16.7. The number of esters is 1. The van der Waals surface area contributed by atoms with Gasteiger partial charge in [-0.2, -0.15) is 0 Å². The van der Waals surface area contributed by atoms with Crippen molar-refractivity contribution < 1.29 is 24.2 Å². The molecule has 0 aromatic rings. The maximum atomic E-state index is 10.7. The topological polar surface area (TPSA) is 72.8 Å². The molecule has 1 aliphatic heterocycles. The maximum Gasteiger partial charge on any atom is 0.333 e. The van der Waals surface area contributed by atoms with Crippen molar-refractivity contribution in [2.45, 2.75) is 6.29 Å². The molecule has 1 N–H and O–H groups in total. The van der Waals surface area contributed by atoms with Gasteiger partial charge >= 0.3 is 11.9 Å². The molecule has 0 aromatic heterocycles. The molecule has 0 aliphatic carbocycles. The van der Waals surface area contributed by atoms with Crippen molar-refractivity contribution >= 4 is 11.9 Å². The van der Waals surface area contributed by atoms with E-state index in [-0.39, 0.29) is 0 Å². The van der Waals surface area contributed by atoms with Gasteiger partial charge in [-0.15, -0.1) is 0 Å². The summed E-state index contributed by atoms with van der Waals surface area (Å²) in [6, 6.07) is 0. The zero-order valence-corrected chi connectivity index (χ0v) is 6.89. The van der Waals surface area contributed by atoms with Crippen molar-refractivity contribution in [2.75, 3.05) is 7.11 Å².